The molecule has 4 bridgehead atoms. The third-order valence-corrected chi connectivity index (χ3v) is 8.18. The van der Waals surface area contributed by atoms with Crippen molar-refractivity contribution < 1.29 is 14.6 Å². The van der Waals surface area contributed by atoms with Crippen molar-refractivity contribution in [2.45, 2.75) is 82.9 Å². The summed E-state index contributed by atoms with van der Waals surface area (Å²) < 4.78 is 6.00. The lowest BCUT2D eigenvalue weighted by atomic mass is 9.85. The Hall–Kier alpha value is -3.42. The first-order valence-electron chi connectivity index (χ1n) is 14.9. The second-order valence-corrected chi connectivity index (χ2v) is 12.7. The van der Waals surface area contributed by atoms with E-state index >= 15 is 0 Å². The van der Waals surface area contributed by atoms with Crippen LogP contribution >= 0.6 is 0 Å². The number of nitrogens with one attached hydrogen (secondary N) is 3. The predicted octanol–water partition coefficient (Wildman–Crippen LogP) is 5.25. The molecule has 41 heavy (non-hydrogen) atoms. The number of fused-ring (bicyclic) bond motifs is 4. The van der Waals surface area contributed by atoms with E-state index in [1.54, 1.807) is 12.1 Å². The van der Waals surface area contributed by atoms with Crippen LogP contribution in [0.2, 0.25) is 0 Å². The lowest BCUT2D eigenvalue weighted by Crippen LogP contribution is -2.50. The van der Waals surface area contributed by atoms with E-state index in [-0.39, 0.29) is 16.9 Å². The van der Waals surface area contributed by atoms with Gasteiger partial charge in [-0.2, -0.15) is 0 Å². The number of amides is 1. The van der Waals surface area contributed by atoms with E-state index in [2.05, 4.69) is 66.0 Å². The lowest BCUT2D eigenvalue weighted by molar-refractivity contribution is 0.0822. The van der Waals surface area contributed by atoms with Crippen molar-refractivity contribution in [2.75, 3.05) is 25.0 Å². The normalized spacial score (nSPS) is 19.8. The molecule has 2 atom stereocenters. The smallest absolute Gasteiger partial charge is 0.251 e. The second kappa shape index (κ2) is 12.2. The van der Waals surface area contributed by atoms with Gasteiger partial charge in [-0.15, -0.1) is 0 Å². The van der Waals surface area contributed by atoms with Gasteiger partial charge >= 0.3 is 0 Å². The van der Waals surface area contributed by atoms with E-state index in [9.17, 15) is 9.90 Å². The van der Waals surface area contributed by atoms with Crippen LogP contribution in [-0.4, -0.2) is 47.8 Å². The predicted molar refractivity (Wildman–Crippen MR) is 164 cm³/mol. The lowest BCUT2D eigenvalue weighted by Gasteiger charge is -2.28. The number of aromatic nitrogens is 1. The van der Waals surface area contributed by atoms with Crippen LogP contribution in [0.25, 0.3) is 0 Å². The zero-order valence-electron chi connectivity index (χ0n) is 24.8. The minimum atomic E-state index is -0.800. The molecule has 5 rings (SSSR count). The summed E-state index contributed by atoms with van der Waals surface area (Å²) in [5, 5.41) is 21.7. The highest BCUT2D eigenvalue weighted by molar-refractivity contribution is 5.95. The molecule has 1 fully saturated rings. The third kappa shape index (κ3) is 7.46. The van der Waals surface area contributed by atoms with Gasteiger partial charge in [0.15, 0.2) is 0 Å². The summed E-state index contributed by atoms with van der Waals surface area (Å²) in [4.78, 5) is 18.1. The number of aliphatic hydroxyl groups excluding tert-OH is 1. The van der Waals surface area contributed by atoms with Crippen LogP contribution in [0, 0.1) is 6.92 Å². The van der Waals surface area contributed by atoms with Crippen molar-refractivity contribution >= 4 is 11.7 Å². The monoisotopic (exact) mass is 556 g/mol. The molecule has 0 saturated heterocycles. The van der Waals surface area contributed by atoms with E-state index in [4.69, 9.17) is 4.74 Å². The van der Waals surface area contributed by atoms with Gasteiger partial charge < -0.3 is 25.8 Å². The summed E-state index contributed by atoms with van der Waals surface area (Å²) in [6, 6.07) is 19.8. The number of nitrogens with zero attached hydrogens (tertiary/aromatic N) is 1. The SMILES string of the molecule is Cc1cc2cc(n1)NCCCCOc1cccc(c1)C[C@@H]([C@H](O)CNC1(c3cccc(C(C)(C)C)c3)CC1)NC2=O. The summed E-state index contributed by atoms with van der Waals surface area (Å²) in [5.41, 5.74) is 4.80. The van der Waals surface area contributed by atoms with E-state index < -0.39 is 12.1 Å². The number of rotatable bonds is 5. The Morgan fingerprint density at radius 3 is 2.68 bits per heavy atom. The number of aryl methyl sites for hydroxylation is 1. The zero-order chi connectivity index (χ0) is 29.0. The Balaban J connectivity index is 1.37. The Bertz CT molecular complexity index is 1360. The molecular weight excluding hydrogens is 512 g/mol. The molecule has 2 aliphatic rings. The Labute approximate surface area is 244 Å². The number of ether oxygens (including phenoxy) is 1. The minimum absolute atomic E-state index is 0.0680. The van der Waals surface area contributed by atoms with Gasteiger partial charge in [-0.3, -0.25) is 4.79 Å². The Kier molecular flexibility index (Phi) is 8.66. The second-order valence-electron chi connectivity index (χ2n) is 12.7. The number of pyridine rings is 1. The van der Waals surface area contributed by atoms with Gasteiger partial charge in [0.1, 0.15) is 11.6 Å². The molecule has 1 aliphatic heterocycles. The van der Waals surface area contributed by atoms with E-state index in [0.717, 1.165) is 49.2 Å². The molecule has 4 N–H and O–H groups in total. The van der Waals surface area contributed by atoms with Crippen molar-refractivity contribution in [3.8, 4) is 5.75 Å². The minimum Gasteiger partial charge on any atom is -0.494 e. The molecule has 7 nitrogen and oxygen atoms in total. The van der Waals surface area contributed by atoms with E-state index in [1.165, 1.54) is 11.1 Å². The summed E-state index contributed by atoms with van der Waals surface area (Å²) >= 11 is 0. The first-order valence-corrected chi connectivity index (χ1v) is 14.9. The van der Waals surface area contributed by atoms with Gasteiger partial charge in [-0.25, -0.2) is 4.98 Å². The molecule has 0 radical (unpaired) electrons. The van der Waals surface area contributed by atoms with Crippen molar-refractivity contribution in [3.05, 3.63) is 88.6 Å². The van der Waals surface area contributed by atoms with Crippen LogP contribution in [-0.2, 0) is 17.4 Å². The maximum absolute atomic E-state index is 13.5. The average Bonchev–Trinajstić information content (AvgIpc) is 3.73. The Morgan fingerprint density at radius 1 is 1.10 bits per heavy atom. The fraction of sp³-hybridized carbons (Fsp3) is 0.471. The van der Waals surface area contributed by atoms with Gasteiger partial charge in [-0.1, -0.05) is 57.2 Å². The van der Waals surface area contributed by atoms with Crippen LogP contribution in [0.4, 0.5) is 5.82 Å². The molecule has 0 unspecified atom stereocenters. The molecule has 0 spiro atoms. The number of aliphatic hydroxyl groups is 1. The molecule has 1 aliphatic carbocycles. The molecule has 1 amide bonds. The van der Waals surface area contributed by atoms with Gasteiger partial charge in [0.05, 0.1) is 18.8 Å². The fourth-order valence-corrected chi connectivity index (χ4v) is 5.49. The maximum atomic E-state index is 13.5. The fourth-order valence-electron chi connectivity index (χ4n) is 5.49. The van der Waals surface area contributed by atoms with Crippen molar-refractivity contribution in [3.63, 3.8) is 0 Å². The van der Waals surface area contributed by atoms with Crippen LogP contribution in [0.15, 0.2) is 60.7 Å². The number of benzene rings is 2. The maximum Gasteiger partial charge on any atom is 0.251 e. The number of carbonyl (C=O) groups excluding carboxylic acids is 1. The molecule has 3 aromatic rings. The van der Waals surface area contributed by atoms with Gasteiger partial charge in [0.25, 0.3) is 5.91 Å². The van der Waals surface area contributed by atoms with E-state index in [1.807, 2.05) is 31.2 Å². The Morgan fingerprint density at radius 2 is 1.90 bits per heavy atom. The van der Waals surface area contributed by atoms with Crippen molar-refractivity contribution in [2.24, 2.45) is 0 Å². The van der Waals surface area contributed by atoms with Gasteiger partial charge in [-0.05, 0) is 85.4 Å². The molecule has 218 valence electrons. The summed E-state index contributed by atoms with van der Waals surface area (Å²) in [6.45, 7) is 10.3. The van der Waals surface area contributed by atoms with Gasteiger partial charge in [0.2, 0.25) is 0 Å². The molecule has 2 heterocycles. The summed E-state index contributed by atoms with van der Waals surface area (Å²) in [7, 11) is 0. The molecule has 2 aromatic carbocycles. The van der Waals surface area contributed by atoms with Crippen LogP contribution in [0.1, 0.15) is 79.2 Å². The third-order valence-electron chi connectivity index (χ3n) is 8.18. The van der Waals surface area contributed by atoms with Crippen LogP contribution in [0.3, 0.4) is 0 Å². The number of carbonyl (C=O) groups is 1. The quantitative estimate of drug-likeness (QED) is 0.343. The largest absolute Gasteiger partial charge is 0.494 e. The first-order chi connectivity index (χ1) is 19.6. The van der Waals surface area contributed by atoms with Crippen LogP contribution < -0.4 is 20.7 Å². The summed E-state index contributed by atoms with van der Waals surface area (Å²) in [5.74, 6) is 1.26. The standard InChI is InChI=1S/C34H44N4O3/c1-23-17-25-20-31(37-23)35-15-5-6-16-41-28-12-7-9-24(18-28)19-29(38-32(25)40)30(39)22-36-34(13-14-34)27-11-8-10-26(21-27)33(2,3)4/h7-12,17-18,20-21,29-30,36,39H,5-6,13-16,19,22H2,1-4H3,(H,35,37)(H,38,40)/t29-,30+/m0/s1. The van der Waals surface area contributed by atoms with E-state index in [0.29, 0.717) is 31.0 Å². The summed E-state index contributed by atoms with van der Waals surface area (Å²) in [6.07, 6.45) is 3.56. The molecule has 7 heteroatoms. The highest BCUT2D eigenvalue weighted by Crippen LogP contribution is 2.46. The molecular formula is C34H44N4O3. The highest BCUT2D eigenvalue weighted by atomic mass is 16.5. The number of hydrogen-bond donors (Lipinski definition) is 4. The molecule has 1 saturated carbocycles. The number of hydrogen-bond acceptors (Lipinski definition) is 6. The average molecular weight is 557 g/mol. The highest BCUT2D eigenvalue weighted by Gasteiger charge is 2.44. The number of anilines is 1. The zero-order valence-corrected chi connectivity index (χ0v) is 24.8. The van der Waals surface area contributed by atoms with Crippen molar-refractivity contribution in [1.82, 2.24) is 15.6 Å². The topological polar surface area (TPSA) is 95.5 Å². The van der Waals surface area contributed by atoms with Crippen LogP contribution in [0.5, 0.6) is 5.75 Å². The first kappa shape index (κ1) is 29.1. The molecule has 1 aromatic heterocycles. The van der Waals surface area contributed by atoms with Crippen molar-refractivity contribution in [1.29, 1.82) is 0 Å². The van der Waals surface area contributed by atoms with Gasteiger partial charge in [0, 0.05) is 29.9 Å².